The van der Waals surface area contributed by atoms with Crippen molar-refractivity contribution in [2.24, 2.45) is 0 Å². The van der Waals surface area contributed by atoms with Gasteiger partial charge in [0.15, 0.2) is 0 Å². The number of hydrogen-bond acceptors (Lipinski definition) is 4. The van der Waals surface area contributed by atoms with E-state index in [1.165, 1.54) is 48.3 Å². The molecule has 1 spiro atoms. The number of carbonyl (C=O) groups excluding carboxylic acids is 2. The second kappa shape index (κ2) is 9.08. The number of aromatic nitrogens is 2. The second-order valence-electron chi connectivity index (χ2n) is 10.1. The minimum atomic E-state index is -4.90. The van der Waals surface area contributed by atoms with Crippen LogP contribution in [0.1, 0.15) is 83.1 Å². The number of Topliss-reactive ketones (excluding diaryl/α,β-unsaturated/α-hetero) is 1. The number of piperidine rings is 1. The van der Waals surface area contributed by atoms with Crippen molar-refractivity contribution in [1.82, 2.24) is 19.4 Å². The summed E-state index contributed by atoms with van der Waals surface area (Å²) in [5, 5.41) is 0. The van der Waals surface area contributed by atoms with Gasteiger partial charge in [0.2, 0.25) is 0 Å². The highest BCUT2D eigenvalue weighted by Gasteiger charge is 2.48. The Bertz CT molecular complexity index is 1090. The molecule has 2 aromatic heterocycles. The van der Waals surface area contributed by atoms with Crippen LogP contribution < -0.4 is 0 Å². The highest BCUT2D eigenvalue weighted by molar-refractivity contribution is 5.99. The van der Waals surface area contributed by atoms with Crippen molar-refractivity contribution in [3.05, 3.63) is 53.1 Å². The highest BCUT2D eigenvalue weighted by Crippen LogP contribution is 2.42. The summed E-state index contributed by atoms with van der Waals surface area (Å²) in [4.78, 5) is 33.5. The molecule has 1 saturated heterocycles. The summed E-state index contributed by atoms with van der Waals surface area (Å²) < 4.78 is 40.8. The maximum Gasteiger partial charge on any atom is 0.456 e. The van der Waals surface area contributed by atoms with Gasteiger partial charge in [0.25, 0.3) is 11.7 Å². The van der Waals surface area contributed by atoms with E-state index in [4.69, 9.17) is 0 Å². The maximum absolute atomic E-state index is 13.2. The van der Waals surface area contributed by atoms with Crippen molar-refractivity contribution in [3.8, 4) is 0 Å². The van der Waals surface area contributed by atoms with Gasteiger partial charge in [-0.05, 0) is 62.4 Å². The molecule has 1 saturated carbocycles. The number of carbonyl (C=O) groups is 2. The third kappa shape index (κ3) is 4.28. The summed E-state index contributed by atoms with van der Waals surface area (Å²) in [6, 6.07) is 6.80. The topological polar surface area (TPSA) is 58.4 Å². The van der Waals surface area contributed by atoms with E-state index in [1.807, 2.05) is 25.4 Å². The first-order valence-electron chi connectivity index (χ1n) is 12.5. The Hall–Kier alpha value is -2.68. The zero-order valence-electron chi connectivity index (χ0n) is 20.0. The Morgan fingerprint density at radius 2 is 1.69 bits per heavy atom. The van der Waals surface area contributed by atoms with Crippen LogP contribution in [-0.2, 0) is 12.1 Å². The lowest BCUT2D eigenvalue weighted by Crippen LogP contribution is -2.56. The number of likely N-dealkylation sites (tertiary alicyclic amines) is 1. The average Bonchev–Trinajstić information content (AvgIpc) is 3.31. The summed E-state index contributed by atoms with van der Waals surface area (Å²) in [5.41, 5.74) is 1.55. The van der Waals surface area contributed by atoms with Crippen molar-refractivity contribution >= 4 is 11.7 Å². The molecule has 5 rings (SSSR count). The third-order valence-corrected chi connectivity index (χ3v) is 8.30. The summed E-state index contributed by atoms with van der Waals surface area (Å²) in [5.74, 6) is -1.39. The van der Waals surface area contributed by atoms with E-state index in [0.29, 0.717) is 50.6 Å². The number of hydrogen-bond donors (Lipinski definition) is 0. The van der Waals surface area contributed by atoms with Gasteiger partial charge in [-0.25, -0.2) is 0 Å². The predicted molar refractivity (Wildman–Crippen MR) is 124 cm³/mol. The number of nitrogens with zero attached hydrogens (tertiary/aromatic N) is 4. The van der Waals surface area contributed by atoms with Crippen molar-refractivity contribution in [3.63, 3.8) is 0 Å². The first-order chi connectivity index (χ1) is 16.7. The van der Waals surface area contributed by atoms with Crippen LogP contribution in [0.25, 0.3) is 0 Å². The van der Waals surface area contributed by atoms with Crippen LogP contribution in [0.3, 0.4) is 0 Å². The van der Waals surface area contributed by atoms with Gasteiger partial charge in [-0.2, -0.15) is 13.2 Å². The SMILES string of the molecule is CN1CCn2c(C(=O)C(F)(F)F)ccc2C12CCN(C(=O)c1ccc(C3CCCCC3)cn1)CC2. The number of halogens is 3. The van der Waals surface area contributed by atoms with Crippen LogP contribution in [0.5, 0.6) is 0 Å². The van der Waals surface area contributed by atoms with Gasteiger partial charge < -0.3 is 9.47 Å². The van der Waals surface area contributed by atoms with Gasteiger partial charge in [0, 0.05) is 38.1 Å². The summed E-state index contributed by atoms with van der Waals surface area (Å²) >= 11 is 0. The minimum Gasteiger partial charge on any atom is -0.339 e. The van der Waals surface area contributed by atoms with Crippen LogP contribution in [-0.4, -0.2) is 63.9 Å². The Morgan fingerprint density at radius 3 is 2.31 bits per heavy atom. The fraction of sp³-hybridized carbons (Fsp3) is 0.577. The molecule has 9 heteroatoms. The van der Waals surface area contributed by atoms with E-state index in [2.05, 4.69) is 9.88 Å². The molecule has 3 aliphatic rings. The fourth-order valence-electron chi connectivity index (χ4n) is 6.21. The number of fused-ring (bicyclic) bond motifs is 2. The fourth-order valence-corrected chi connectivity index (χ4v) is 6.21. The molecule has 188 valence electrons. The first-order valence-corrected chi connectivity index (χ1v) is 12.5. The number of amides is 1. The summed E-state index contributed by atoms with van der Waals surface area (Å²) in [6.07, 6.45) is 4.23. The average molecular weight is 489 g/mol. The zero-order valence-corrected chi connectivity index (χ0v) is 20.0. The maximum atomic E-state index is 13.2. The smallest absolute Gasteiger partial charge is 0.339 e. The van der Waals surface area contributed by atoms with Crippen molar-refractivity contribution in [2.75, 3.05) is 26.7 Å². The molecule has 0 bridgehead atoms. The molecule has 2 fully saturated rings. The molecule has 6 nitrogen and oxygen atoms in total. The molecule has 1 aliphatic carbocycles. The Morgan fingerprint density at radius 1 is 0.971 bits per heavy atom. The van der Waals surface area contributed by atoms with Gasteiger partial charge in [-0.1, -0.05) is 25.3 Å². The normalized spacial score (nSPS) is 21.2. The molecule has 2 aliphatic heterocycles. The number of rotatable bonds is 3. The molecular formula is C26H31F3N4O2. The van der Waals surface area contributed by atoms with E-state index in [0.717, 1.165) is 5.69 Å². The van der Waals surface area contributed by atoms with Gasteiger partial charge >= 0.3 is 6.18 Å². The van der Waals surface area contributed by atoms with Crippen LogP contribution in [0, 0.1) is 0 Å². The lowest BCUT2D eigenvalue weighted by molar-refractivity contribution is -0.0892. The Labute approximate surface area is 203 Å². The molecule has 2 aromatic rings. The van der Waals surface area contributed by atoms with Gasteiger partial charge in [-0.15, -0.1) is 0 Å². The molecule has 0 atom stereocenters. The van der Waals surface area contributed by atoms with Crippen molar-refractivity contribution in [2.45, 2.75) is 69.1 Å². The third-order valence-electron chi connectivity index (χ3n) is 8.30. The van der Waals surface area contributed by atoms with E-state index in [1.54, 1.807) is 11.0 Å². The molecule has 0 radical (unpaired) electrons. The number of pyridine rings is 1. The van der Waals surface area contributed by atoms with E-state index >= 15 is 0 Å². The first kappa shape index (κ1) is 24.0. The van der Waals surface area contributed by atoms with E-state index in [9.17, 15) is 22.8 Å². The van der Waals surface area contributed by atoms with Crippen molar-refractivity contribution < 1.29 is 22.8 Å². The molecule has 1 amide bonds. The molecule has 35 heavy (non-hydrogen) atoms. The lowest BCUT2D eigenvalue weighted by Gasteiger charge is -2.50. The van der Waals surface area contributed by atoms with E-state index in [-0.39, 0.29) is 11.6 Å². The quantitative estimate of drug-likeness (QED) is 0.585. The van der Waals surface area contributed by atoms with Gasteiger partial charge in [0.1, 0.15) is 5.69 Å². The molecule has 0 N–H and O–H groups in total. The Kier molecular flexibility index (Phi) is 6.23. The van der Waals surface area contributed by atoms with Crippen LogP contribution in [0.2, 0.25) is 0 Å². The van der Waals surface area contributed by atoms with Crippen LogP contribution in [0.15, 0.2) is 30.5 Å². The molecule has 0 unspecified atom stereocenters. The monoisotopic (exact) mass is 488 g/mol. The zero-order chi connectivity index (χ0) is 24.8. The van der Waals surface area contributed by atoms with E-state index < -0.39 is 17.5 Å². The predicted octanol–water partition coefficient (Wildman–Crippen LogP) is 4.75. The Balaban J connectivity index is 1.30. The lowest BCUT2D eigenvalue weighted by atomic mass is 9.81. The number of ketones is 1. The van der Waals surface area contributed by atoms with Crippen LogP contribution in [0.4, 0.5) is 13.2 Å². The van der Waals surface area contributed by atoms with Gasteiger partial charge in [-0.3, -0.25) is 19.5 Å². The molecular weight excluding hydrogens is 457 g/mol. The van der Waals surface area contributed by atoms with Crippen molar-refractivity contribution in [1.29, 1.82) is 0 Å². The minimum absolute atomic E-state index is 0.114. The number of alkyl halides is 3. The van der Waals surface area contributed by atoms with Gasteiger partial charge in [0.05, 0.1) is 11.2 Å². The number of likely N-dealkylation sites (N-methyl/N-ethyl adjacent to an activating group) is 1. The van der Waals surface area contributed by atoms with Crippen LogP contribution >= 0.6 is 0 Å². The standard InChI is InChI=1S/C26H31F3N4O2/c1-31-15-16-33-21(23(34)26(27,28)29)9-10-22(33)25(31)11-13-32(14-12-25)24(35)20-8-7-19(17-30-20)18-5-3-2-4-6-18/h7-10,17-18H,2-6,11-16H2,1H3. The summed E-state index contributed by atoms with van der Waals surface area (Å²) in [7, 11) is 1.96. The molecule has 4 heterocycles. The molecule has 0 aromatic carbocycles. The largest absolute Gasteiger partial charge is 0.456 e. The summed E-state index contributed by atoms with van der Waals surface area (Å²) in [6.45, 7) is 1.82. The highest BCUT2D eigenvalue weighted by atomic mass is 19.4. The second-order valence-corrected chi connectivity index (χ2v) is 10.1.